The lowest BCUT2D eigenvalue weighted by Gasteiger charge is -2.10. The van der Waals surface area contributed by atoms with Crippen LogP contribution in [0.4, 0.5) is 0 Å². The summed E-state index contributed by atoms with van der Waals surface area (Å²) < 4.78 is 1.19. The number of aryl methyl sites for hydroxylation is 1. The fraction of sp³-hybridized carbons (Fsp3) is 0.286. The first-order valence-corrected chi connectivity index (χ1v) is 7.39. The highest BCUT2D eigenvalue weighted by molar-refractivity contribution is 9.10. The van der Waals surface area contributed by atoms with E-state index in [1.165, 1.54) is 9.35 Å². The van der Waals surface area contributed by atoms with Crippen LogP contribution in [0.25, 0.3) is 0 Å². The minimum atomic E-state index is -0.338. The standard InChI is InChI=1S/C14H15BrOS/c15-12-9-10-17-14(12)8-4-7-13(16)11-5-2-1-3-6-11/h1-3,5-6,9-10,13,16H,4,7-8H2. The molecular formula is C14H15BrOS. The summed E-state index contributed by atoms with van der Waals surface area (Å²) in [6.07, 6.45) is 2.51. The smallest absolute Gasteiger partial charge is 0.0790 e. The normalized spacial score (nSPS) is 12.6. The van der Waals surface area contributed by atoms with Gasteiger partial charge in [-0.15, -0.1) is 11.3 Å². The monoisotopic (exact) mass is 310 g/mol. The number of thiophene rings is 1. The molecule has 1 aromatic carbocycles. The molecule has 1 nitrogen and oxygen atoms in total. The second kappa shape index (κ2) is 6.34. The van der Waals surface area contributed by atoms with Gasteiger partial charge in [0.25, 0.3) is 0 Å². The highest BCUT2D eigenvalue weighted by atomic mass is 79.9. The van der Waals surface area contributed by atoms with Gasteiger partial charge in [0.1, 0.15) is 0 Å². The van der Waals surface area contributed by atoms with Gasteiger partial charge in [0.15, 0.2) is 0 Å². The van der Waals surface area contributed by atoms with Crippen LogP contribution in [-0.4, -0.2) is 5.11 Å². The molecule has 0 aliphatic heterocycles. The van der Waals surface area contributed by atoms with Crippen molar-refractivity contribution < 1.29 is 5.11 Å². The molecule has 17 heavy (non-hydrogen) atoms. The molecule has 0 aliphatic rings. The molecular weight excluding hydrogens is 296 g/mol. The van der Waals surface area contributed by atoms with Crippen molar-refractivity contribution in [1.82, 2.24) is 0 Å². The van der Waals surface area contributed by atoms with Crippen LogP contribution in [0.15, 0.2) is 46.3 Å². The molecule has 1 aromatic heterocycles. The van der Waals surface area contributed by atoms with Gasteiger partial charge in [-0.1, -0.05) is 30.3 Å². The van der Waals surface area contributed by atoms with Gasteiger partial charge in [-0.25, -0.2) is 0 Å². The highest BCUT2D eigenvalue weighted by Gasteiger charge is 2.07. The molecule has 2 rings (SSSR count). The Kier molecular flexibility index (Phi) is 4.77. The summed E-state index contributed by atoms with van der Waals surface area (Å²) in [6.45, 7) is 0. The molecule has 3 heteroatoms. The maximum Gasteiger partial charge on any atom is 0.0790 e. The van der Waals surface area contributed by atoms with E-state index in [-0.39, 0.29) is 6.10 Å². The Morgan fingerprint density at radius 3 is 2.59 bits per heavy atom. The zero-order valence-corrected chi connectivity index (χ0v) is 11.9. The highest BCUT2D eigenvalue weighted by Crippen LogP contribution is 2.26. The summed E-state index contributed by atoms with van der Waals surface area (Å²) >= 11 is 5.29. The predicted molar refractivity (Wildman–Crippen MR) is 76.4 cm³/mol. The summed E-state index contributed by atoms with van der Waals surface area (Å²) in [4.78, 5) is 1.37. The fourth-order valence-corrected chi connectivity index (χ4v) is 3.40. The Bertz CT molecular complexity index is 452. The quantitative estimate of drug-likeness (QED) is 0.858. The Morgan fingerprint density at radius 2 is 1.94 bits per heavy atom. The maximum absolute atomic E-state index is 10.0. The Labute approximate surface area is 114 Å². The average molecular weight is 311 g/mol. The molecule has 90 valence electrons. The lowest BCUT2D eigenvalue weighted by molar-refractivity contribution is 0.165. The number of benzene rings is 1. The SMILES string of the molecule is OC(CCCc1sccc1Br)c1ccccc1. The molecule has 0 aliphatic carbocycles. The largest absolute Gasteiger partial charge is 0.388 e. The second-order valence-corrected chi connectivity index (χ2v) is 5.87. The summed E-state index contributed by atoms with van der Waals surface area (Å²) in [6, 6.07) is 11.9. The molecule has 0 fully saturated rings. The molecule has 0 saturated carbocycles. The predicted octanol–water partition coefficient (Wildman–Crippen LogP) is 4.57. The fourth-order valence-electron chi connectivity index (χ4n) is 1.80. The van der Waals surface area contributed by atoms with E-state index in [2.05, 4.69) is 27.4 Å². The minimum absolute atomic E-state index is 0.338. The number of aliphatic hydroxyl groups is 1. The summed E-state index contributed by atoms with van der Waals surface area (Å²) in [5.41, 5.74) is 1.01. The van der Waals surface area contributed by atoms with Crippen molar-refractivity contribution in [3.05, 3.63) is 56.7 Å². The molecule has 1 atom stereocenters. The van der Waals surface area contributed by atoms with E-state index in [0.29, 0.717) is 0 Å². The van der Waals surface area contributed by atoms with Crippen LogP contribution in [0.5, 0.6) is 0 Å². The number of hydrogen-bond acceptors (Lipinski definition) is 2. The third-order valence-electron chi connectivity index (χ3n) is 2.76. The zero-order valence-electron chi connectivity index (χ0n) is 9.47. The van der Waals surface area contributed by atoms with Gasteiger partial charge in [-0.05, 0) is 52.2 Å². The van der Waals surface area contributed by atoms with Gasteiger partial charge < -0.3 is 5.11 Å². The first kappa shape index (κ1) is 12.8. The van der Waals surface area contributed by atoms with Gasteiger partial charge in [-0.3, -0.25) is 0 Å². The van der Waals surface area contributed by atoms with Crippen LogP contribution < -0.4 is 0 Å². The van der Waals surface area contributed by atoms with Crippen LogP contribution >= 0.6 is 27.3 Å². The van der Waals surface area contributed by atoms with Crippen LogP contribution in [0, 0.1) is 0 Å². The molecule has 0 spiro atoms. The van der Waals surface area contributed by atoms with Crippen molar-refractivity contribution in [3.8, 4) is 0 Å². The third kappa shape index (κ3) is 3.66. The van der Waals surface area contributed by atoms with E-state index in [4.69, 9.17) is 0 Å². The average Bonchev–Trinajstić information content (AvgIpc) is 2.76. The van der Waals surface area contributed by atoms with Crippen molar-refractivity contribution in [2.24, 2.45) is 0 Å². The van der Waals surface area contributed by atoms with Crippen LogP contribution in [0.1, 0.15) is 29.4 Å². The van der Waals surface area contributed by atoms with Crippen molar-refractivity contribution in [1.29, 1.82) is 0 Å². The topological polar surface area (TPSA) is 20.2 Å². The third-order valence-corrected chi connectivity index (χ3v) is 4.74. The van der Waals surface area contributed by atoms with Crippen molar-refractivity contribution in [2.45, 2.75) is 25.4 Å². The van der Waals surface area contributed by atoms with Gasteiger partial charge in [-0.2, -0.15) is 0 Å². The molecule has 0 bridgehead atoms. The van der Waals surface area contributed by atoms with Gasteiger partial charge in [0.05, 0.1) is 6.10 Å². The van der Waals surface area contributed by atoms with Gasteiger partial charge in [0.2, 0.25) is 0 Å². The van der Waals surface area contributed by atoms with E-state index in [1.807, 2.05) is 30.3 Å². The second-order valence-electron chi connectivity index (χ2n) is 4.01. The Morgan fingerprint density at radius 1 is 1.18 bits per heavy atom. The van der Waals surface area contributed by atoms with E-state index in [0.717, 1.165) is 24.8 Å². The van der Waals surface area contributed by atoms with E-state index >= 15 is 0 Å². The van der Waals surface area contributed by atoms with Gasteiger partial charge >= 0.3 is 0 Å². The Hall–Kier alpha value is -0.640. The molecule has 0 saturated heterocycles. The van der Waals surface area contributed by atoms with Crippen molar-refractivity contribution in [2.75, 3.05) is 0 Å². The van der Waals surface area contributed by atoms with E-state index in [9.17, 15) is 5.11 Å². The van der Waals surface area contributed by atoms with Gasteiger partial charge in [0, 0.05) is 9.35 Å². The minimum Gasteiger partial charge on any atom is -0.388 e. The first-order chi connectivity index (χ1) is 8.27. The molecule has 1 unspecified atom stereocenters. The summed E-state index contributed by atoms with van der Waals surface area (Å²) in [7, 11) is 0. The van der Waals surface area contributed by atoms with Crippen LogP contribution in [0.3, 0.4) is 0 Å². The number of rotatable bonds is 5. The van der Waals surface area contributed by atoms with Crippen molar-refractivity contribution >= 4 is 27.3 Å². The van der Waals surface area contributed by atoms with Crippen LogP contribution in [-0.2, 0) is 6.42 Å². The molecule has 2 aromatic rings. The van der Waals surface area contributed by atoms with E-state index < -0.39 is 0 Å². The zero-order chi connectivity index (χ0) is 12.1. The number of halogens is 1. The molecule has 1 heterocycles. The lowest BCUT2D eigenvalue weighted by atomic mass is 10.0. The molecule has 0 amide bonds. The molecule has 0 radical (unpaired) electrons. The van der Waals surface area contributed by atoms with Crippen LogP contribution in [0.2, 0.25) is 0 Å². The van der Waals surface area contributed by atoms with Crippen molar-refractivity contribution in [3.63, 3.8) is 0 Å². The summed E-state index contributed by atoms with van der Waals surface area (Å²) in [5.74, 6) is 0. The number of hydrogen-bond donors (Lipinski definition) is 1. The summed E-state index contributed by atoms with van der Waals surface area (Å²) in [5, 5.41) is 12.1. The molecule has 1 N–H and O–H groups in total. The maximum atomic E-state index is 10.0. The number of aliphatic hydroxyl groups excluding tert-OH is 1. The Balaban J connectivity index is 1.81. The first-order valence-electron chi connectivity index (χ1n) is 5.72. The van der Waals surface area contributed by atoms with E-state index in [1.54, 1.807) is 11.3 Å². The lowest BCUT2D eigenvalue weighted by Crippen LogP contribution is -1.97.